The highest BCUT2D eigenvalue weighted by atomic mass is 35.5. The highest BCUT2D eigenvalue weighted by Crippen LogP contribution is 2.55. The number of aromatic nitrogens is 3. The van der Waals surface area contributed by atoms with Crippen LogP contribution in [0.2, 0.25) is 5.02 Å². The number of nitrogens with zero attached hydrogens (tertiary/aromatic N) is 5. The Morgan fingerprint density at radius 1 is 1.07 bits per heavy atom. The fourth-order valence-electron chi connectivity index (χ4n) is 4.71. The van der Waals surface area contributed by atoms with E-state index in [0.717, 1.165) is 17.9 Å². The molecule has 8 nitrogen and oxygen atoms in total. The highest BCUT2D eigenvalue weighted by molar-refractivity contribution is 6.34. The summed E-state index contributed by atoms with van der Waals surface area (Å²) >= 11 is 6.24. The predicted molar refractivity (Wildman–Crippen MR) is 131 cm³/mol. The molecule has 3 aromatic rings. The number of benzene rings is 1. The summed E-state index contributed by atoms with van der Waals surface area (Å²) < 4.78 is 103. The van der Waals surface area contributed by atoms with Crippen LogP contribution in [0, 0.1) is 11.3 Å². The topological polar surface area (TPSA) is 93.2 Å². The molecule has 0 radical (unpaired) electrons. The molecule has 1 aromatic carbocycles. The number of methoxy groups -OCH3 is 1. The SMILES string of the molecule is COC(=O)N(C(=O)c1cc(-c2cnn(-c3ccc(C(F)(C(F)(F)F)C(F)(F)F)n3C3CC3)c2)ccc1Cl)C1(C#N)CC1. The Bertz CT molecular complexity index is 1600. The molecule has 2 fully saturated rings. The van der Waals surface area contributed by atoms with E-state index >= 15 is 4.39 Å². The van der Waals surface area contributed by atoms with Gasteiger partial charge in [0.1, 0.15) is 11.4 Å². The molecule has 2 aliphatic rings. The maximum atomic E-state index is 15.0. The van der Waals surface area contributed by atoms with Crippen LogP contribution in [-0.2, 0) is 10.4 Å². The number of imide groups is 1. The zero-order valence-corrected chi connectivity index (χ0v) is 22.2. The van der Waals surface area contributed by atoms with E-state index in [1.54, 1.807) is 0 Å². The highest BCUT2D eigenvalue weighted by Gasteiger charge is 2.75. The first-order valence-electron chi connectivity index (χ1n) is 12.3. The third kappa shape index (κ3) is 4.57. The van der Waals surface area contributed by atoms with Crippen molar-refractivity contribution < 1.29 is 45.1 Å². The predicted octanol–water partition coefficient (Wildman–Crippen LogP) is 6.88. The van der Waals surface area contributed by atoms with Crippen molar-refractivity contribution in [2.45, 2.75) is 55.3 Å². The molecule has 0 atom stereocenters. The number of alkyl halides is 7. The lowest BCUT2D eigenvalue weighted by Crippen LogP contribution is -2.51. The third-order valence-electron chi connectivity index (χ3n) is 7.21. The molecule has 16 heteroatoms. The average molecular weight is 618 g/mol. The van der Waals surface area contributed by atoms with E-state index in [1.165, 1.54) is 30.6 Å². The first kappa shape index (κ1) is 29.4. The van der Waals surface area contributed by atoms with Crippen LogP contribution in [-0.4, -0.2) is 56.2 Å². The molecule has 0 spiro atoms. The van der Waals surface area contributed by atoms with Gasteiger partial charge in [-0.15, -0.1) is 0 Å². The van der Waals surface area contributed by atoms with E-state index in [-0.39, 0.29) is 53.2 Å². The number of rotatable bonds is 6. The first-order valence-corrected chi connectivity index (χ1v) is 12.7. The van der Waals surface area contributed by atoms with Gasteiger partial charge in [-0.2, -0.15) is 36.7 Å². The van der Waals surface area contributed by atoms with Gasteiger partial charge in [-0.1, -0.05) is 17.7 Å². The smallest absolute Gasteiger partial charge is 0.437 e. The molecule has 2 aromatic heterocycles. The summed E-state index contributed by atoms with van der Waals surface area (Å²) in [5, 5.41) is 13.5. The van der Waals surface area contributed by atoms with Crippen LogP contribution < -0.4 is 0 Å². The van der Waals surface area contributed by atoms with Crippen molar-refractivity contribution in [2.75, 3.05) is 7.11 Å². The maximum absolute atomic E-state index is 15.0. The second kappa shape index (κ2) is 9.75. The van der Waals surface area contributed by atoms with Crippen LogP contribution in [0.15, 0.2) is 42.7 Å². The first-order chi connectivity index (χ1) is 19.6. The molecule has 0 N–H and O–H groups in total. The molecule has 0 unspecified atom stereocenters. The Balaban J connectivity index is 1.54. The summed E-state index contributed by atoms with van der Waals surface area (Å²) in [7, 11) is 1.04. The second-order valence-corrected chi connectivity index (χ2v) is 10.4. The molecule has 5 rings (SSSR count). The molecular weight excluding hydrogens is 599 g/mol. The fraction of sp³-hybridized carbons (Fsp3) is 0.385. The number of halogens is 8. The summed E-state index contributed by atoms with van der Waals surface area (Å²) in [5.41, 5.74) is -8.23. The Labute approximate surface area is 237 Å². The Kier molecular flexibility index (Phi) is 6.84. The lowest BCUT2D eigenvalue weighted by atomic mass is 10.0. The molecule has 0 bridgehead atoms. The Hall–Kier alpha value is -4.06. The minimum atomic E-state index is -6.28. The number of amides is 2. The van der Waals surface area contributed by atoms with Gasteiger partial charge in [0.25, 0.3) is 5.91 Å². The summed E-state index contributed by atoms with van der Waals surface area (Å²) in [5.74, 6) is -1.15. The van der Waals surface area contributed by atoms with Crippen molar-refractivity contribution in [2.24, 2.45) is 0 Å². The van der Waals surface area contributed by atoms with Crippen LogP contribution in [0.1, 0.15) is 47.8 Å². The number of hydrogen-bond donors (Lipinski definition) is 0. The van der Waals surface area contributed by atoms with Gasteiger partial charge in [0.15, 0.2) is 0 Å². The summed E-state index contributed by atoms with van der Waals surface area (Å²) in [6, 6.07) is 6.57. The van der Waals surface area contributed by atoms with E-state index < -0.39 is 47.3 Å². The normalized spacial score (nSPS) is 16.6. The second-order valence-electron chi connectivity index (χ2n) is 9.95. The van der Waals surface area contributed by atoms with Crippen LogP contribution in [0.5, 0.6) is 0 Å². The molecule has 2 amide bonds. The van der Waals surface area contributed by atoms with E-state index in [0.29, 0.717) is 15.5 Å². The molecule has 2 saturated carbocycles. The van der Waals surface area contributed by atoms with Crippen LogP contribution in [0.4, 0.5) is 35.5 Å². The number of hydrogen-bond acceptors (Lipinski definition) is 5. The molecular formula is C26H19ClF7N5O3. The molecule has 0 saturated heterocycles. The monoisotopic (exact) mass is 617 g/mol. The molecule has 2 heterocycles. The van der Waals surface area contributed by atoms with Gasteiger partial charge in [-0.25, -0.2) is 18.8 Å². The minimum absolute atomic E-state index is 0.0652. The minimum Gasteiger partial charge on any atom is -0.452 e. The zero-order valence-electron chi connectivity index (χ0n) is 21.4. The maximum Gasteiger partial charge on any atom is 0.437 e. The third-order valence-corrected chi connectivity index (χ3v) is 7.54. The van der Waals surface area contributed by atoms with Crippen molar-refractivity contribution in [1.82, 2.24) is 19.2 Å². The van der Waals surface area contributed by atoms with E-state index in [4.69, 9.17) is 11.6 Å². The van der Waals surface area contributed by atoms with Gasteiger partial charge in [-0.3, -0.25) is 4.79 Å². The lowest BCUT2D eigenvalue weighted by Gasteiger charge is -2.31. The Morgan fingerprint density at radius 3 is 2.24 bits per heavy atom. The number of ether oxygens (including phenoxy) is 1. The van der Waals surface area contributed by atoms with Crippen molar-refractivity contribution in [1.29, 1.82) is 5.26 Å². The van der Waals surface area contributed by atoms with Gasteiger partial charge in [0.05, 0.1) is 35.7 Å². The summed E-state index contributed by atoms with van der Waals surface area (Å²) in [6.07, 6.45) is -10.2. The van der Waals surface area contributed by atoms with Gasteiger partial charge in [0.2, 0.25) is 0 Å². The van der Waals surface area contributed by atoms with Crippen molar-refractivity contribution in [3.8, 4) is 23.0 Å². The average Bonchev–Trinajstić information content (AvgIpc) is 3.83. The fourth-order valence-corrected chi connectivity index (χ4v) is 4.90. The van der Waals surface area contributed by atoms with Crippen LogP contribution in [0.25, 0.3) is 16.9 Å². The van der Waals surface area contributed by atoms with Gasteiger partial charge >= 0.3 is 24.1 Å². The number of carbonyl (C=O) groups is 2. The molecule has 222 valence electrons. The van der Waals surface area contributed by atoms with E-state index in [2.05, 4.69) is 9.84 Å². The van der Waals surface area contributed by atoms with Gasteiger partial charge < -0.3 is 9.30 Å². The van der Waals surface area contributed by atoms with Crippen LogP contribution >= 0.6 is 11.6 Å². The van der Waals surface area contributed by atoms with Gasteiger partial charge in [-0.05, 0) is 55.5 Å². The quantitative estimate of drug-likeness (QED) is 0.281. The summed E-state index contributed by atoms with van der Waals surface area (Å²) in [4.78, 5) is 26.4. The van der Waals surface area contributed by atoms with E-state index in [1.807, 2.05) is 6.07 Å². The standard InChI is InChI=1S/C26H19ClF7N5O3/c1-42-22(41)39(23(13-35)8-9-23)21(40)17-10-14(2-5-18(17)27)15-11-36-37(12-15)20-7-6-19(38(20)16-3-4-16)24(28,25(29,30)31)26(32,33)34/h2,5-7,10-12,16H,3-4,8-9H2,1H3. The number of carbonyl (C=O) groups excluding carboxylic acids is 2. The molecule has 0 aliphatic heterocycles. The largest absolute Gasteiger partial charge is 0.452 e. The zero-order chi connectivity index (χ0) is 30.8. The summed E-state index contributed by atoms with van der Waals surface area (Å²) in [6.45, 7) is 0. The van der Waals surface area contributed by atoms with Gasteiger partial charge in [0, 0.05) is 17.8 Å². The van der Waals surface area contributed by atoms with Crippen LogP contribution in [0.3, 0.4) is 0 Å². The van der Waals surface area contributed by atoms with E-state index in [9.17, 15) is 41.2 Å². The van der Waals surface area contributed by atoms with Crippen molar-refractivity contribution in [3.63, 3.8) is 0 Å². The van der Waals surface area contributed by atoms with Crippen molar-refractivity contribution in [3.05, 3.63) is 59.0 Å². The Morgan fingerprint density at radius 2 is 1.71 bits per heavy atom. The lowest BCUT2D eigenvalue weighted by molar-refractivity contribution is -0.350. The number of nitriles is 1. The van der Waals surface area contributed by atoms with Crippen molar-refractivity contribution >= 4 is 23.6 Å². The molecule has 42 heavy (non-hydrogen) atoms. The molecule has 2 aliphatic carbocycles.